The van der Waals surface area contributed by atoms with E-state index < -0.39 is 0 Å². The van der Waals surface area contributed by atoms with Gasteiger partial charge in [0.05, 0.1) is 5.54 Å². The van der Waals surface area contributed by atoms with Crippen LogP contribution < -0.4 is 10.6 Å². The van der Waals surface area contributed by atoms with Gasteiger partial charge in [-0.2, -0.15) is 0 Å². The molecule has 1 aliphatic rings. The average molecular weight is 275 g/mol. The predicted octanol–water partition coefficient (Wildman–Crippen LogP) is 2.72. The number of nitrogens with zero attached hydrogens (tertiary/aromatic N) is 2. The van der Waals surface area contributed by atoms with Crippen molar-refractivity contribution in [3.63, 3.8) is 0 Å². The van der Waals surface area contributed by atoms with Crippen molar-refractivity contribution in [3.8, 4) is 0 Å². The Morgan fingerprint density at radius 2 is 1.95 bits per heavy atom. The lowest BCUT2D eigenvalue weighted by Crippen LogP contribution is -2.53. The zero-order valence-electron chi connectivity index (χ0n) is 13.0. The maximum atomic E-state index is 6.21. The minimum atomic E-state index is 0.115. The Hall–Kier alpha value is -1.06. The molecule has 0 radical (unpaired) electrons. The zero-order valence-corrected chi connectivity index (χ0v) is 13.0. The van der Waals surface area contributed by atoms with E-state index in [0.29, 0.717) is 0 Å². The lowest BCUT2D eigenvalue weighted by Gasteiger charge is -2.42. The molecule has 1 saturated heterocycles. The van der Waals surface area contributed by atoms with Gasteiger partial charge in [-0.05, 0) is 50.9 Å². The molecule has 0 saturated carbocycles. The highest BCUT2D eigenvalue weighted by atomic mass is 15.2. The van der Waals surface area contributed by atoms with Crippen molar-refractivity contribution in [1.82, 2.24) is 4.90 Å². The van der Waals surface area contributed by atoms with Gasteiger partial charge in [-0.15, -0.1) is 0 Å². The van der Waals surface area contributed by atoms with E-state index in [-0.39, 0.29) is 5.54 Å². The molecule has 0 aliphatic carbocycles. The Morgan fingerprint density at radius 1 is 1.20 bits per heavy atom. The summed E-state index contributed by atoms with van der Waals surface area (Å²) in [4.78, 5) is 5.01. The smallest absolute Gasteiger partial charge is 0.0533 e. The van der Waals surface area contributed by atoms with Crippen molar-refractivity contribution in [2.45, 2.75) is 38.1 Å². The van der Waals surface area contributed by atoms with E-state index in [4.69, 9.17) is 5.73 Å². The normalized spacial score (nSPS) is 24.4. The molecular formula is C17H29N3. The van der Waals surface area contributed by atoms with E-state index in [1.807, 2.05) is 0 Å². The molecule has 1 unspecified atom stereocenters. The topological polar surface area (TPSA) is 32.5 Å². The van der Waals surface area contributed by atoms with Gasteiger partial charge in [0.25, 0.3) is 0 Å². The van der Waals surface area contributed by atoms with Gasteiger partial charge >= 0.3 is 0 Å². The molecule has 0 spiro atoms. The van der Waals surface area contributed by atoms with Gasteiger partial charge in [0.1, 0.15) is 0 Å². The van der Waals surface area contributed by atoms with Crippen LogP contribution in [-0.4, -0.2) is 43.7 Å². The molecule has 1 aliphatic heterocycles. The van der Waals surface area contributed by atoms with Crippen LogP contribution in [0.25, 0.3) is 0 Å². The number of likely N-dealkylation sites (N-methyl/N-ethyl adjacent to an activating group) is 1. The fourth-order valence-electron chi connectivity index (χ4n) is 3.38. The van der Waals surface area contributed by atoms with Crippen LogP contribution in [0.4, 0.5) is 5.69 Å². The Bertz CT molecular complexity index is 392. The summed E-state index contributed by atoms with van der Waals surface area (Å²) in [5, 5.41) is 0. The first-order valence-corrected chi connectivity index (χ1v) is 7.93. The van der Waals surface area contributed by atoms with Crippen LogP contribution in [0.15, 0.2) is 30.3 Å². The first kappa shape index (κ1) is 15.3. The second-order valence-electron chi connectivity index (χ2n) is 6.02. The van der Waals surface area contributed by atoms with Crippen molar-refractivity contribution < 1.29 is 0 Å². The SMILES string of the molecule is CCCN1CCCC(CN)(N(C)c2ccccc2)CC1. The summed E-state index contributed by atoms with van der Waals surface area (Å²) in [7, 11) is 2.21. The molecule has 1 atom stereocenters. The summed E-state index contributed by atoms with van der Waals surface area (Å²) in [5.74, 6) is 0. The maximum absolute atomic E-state index is 6.21. The summed E-state index contributed by atoms with van der Waals surface area (Å²) in [6.45, 7) is 6.60. The van der Waals surface area contributed by atoms with Gasteiger partial charge in [-0.25, -0.2) is 0 Å². The first-order valence-electron chi connectivity index (χ1n) is 7.93. The third-order valence-electron chi connectivity index (χ3n) is 4.78. The van der Waals surface area contributed by atoms with E-state index in [0.717, 1.165) is 13.0 Å². The summed E-state index contributed by atoms with van der Waals surface area (Å²) in [5.41, 5.74) is 7.60. The van der Waals surface area contributed by atoms with Gasteiger partial charge in [-0.1, -0.05) is 25.1 Å². The van der Waals surface area contributed by atoms with E-state index in [2.05, 4.69) is 54.1 Å². The van der Waals surface area contributed by atoms with Crippen LogP contribution in [0.2, 0.25) is 0 Å². The molecule has 0 aromatic heterocycles. The van der Waals surface area contributed by atoms with Crippen molar-refractivity contribution in [2.24, 2.45) is 5.73 Å². The molecule has 3 heteroatoms. The van der Waals surface area contributed by atoms with E-state index in [9.17, 15) is 0 Å². The number of anilines is 1. The molecule has 2 N–H and O–H groups in total. The van der Waals surface area contributed by atoms with Gasteiger partial charge in [0.15, 0.2) is 0 Å². The number of rotatable bonds is 5. The summed E-state index contributed by atoms with van der Waals surface area (Å²) < 4.78 is 0. The first-order chi connectivity index (χ1) is 9.72. The number of para-hydroxylation sites is 1. The zero-order chi connectivity index (χ0) is 14.4. The predicted molar refractivity (Wildman–Crippen MR) is 87.2 cm³/mol. The summed E-state index contributed by atoms with van der Waals surface area (Å²) in [6.07, 6.45) is 4.84. The highest BCUT2D eigenvalue weighted by Crippen LogP contribution is 2.31. The second-order valence-corrected chi connectivity index (χ2v) is 6.02. The number of hydrogen-bond acceptors (Lipinski definition) is 3. The molecule has 0 amide bonds. The molecular weight excluding hydrogens is 246 g/mol. The van der Waals surface area contributed by atoms with Crippen LogP contribution >= 0.6 is 0 Å². The minimum Gasteiger partial charge on any atom is -0.368 e. The fourth-order valence-corrected chi connectivity index (χ4v) is 3.38. The van der Waals surface area contributed by atoms with Crippen molar-refractivity contribution in [2.75, 3.05) is 38.1 Å². The quantitative estimate of drug-likeness (QED) is 0.897. The summed E-state index contributed by atoms with van der Waals surface area (Å²) in [6, 6.07) is 10.7. The van der Waals surface area contributed by atoms with Gasteiger partial charge in [0.2, 0.25) is 0 Å². The second kappa shape index (κ2) is 7.09. The molecule has 20 heavy (non-hydrogen) atoms. The molecule has 2 rings (SSSR count). The average Bonchev–Trinajstić information content (AvgIpc) is 2.71. The van der Waals surface area contributed by atoms with Crippen LogP contribution in [0, 0.1) is 0 Å². The highest BCUT2D eigenvalue weighted by Gasteiger charge is 2.35. The maximum Gasteiger partial charge on any atom is 0.0533 e. The molecule has 1 fully saturated rings. The number of hydrogen-bond donors (Lipinski definition) is 1. The van der Waals surface area contributed by atoms with Crippen LogP contribution in [0.3, 0.4) is 0 Å². The van der Waals surface area contributed by atoms with Gasteiger partial charge < -0.3 is 15.5 Å². The fraction of sp³-hybridized carbons (Fsp3) is 0.647. The molecule has 0 bridgehead atoms. The Labute approximate surface area is 123 Å². The molecule has 112 valence electrons. The van der Waals surface area contributed by atoms with Crippen molar-refractivity contribution in [3.05, 3.63) is 30.3 Å². The molecule has 3 nitrogen and oxygen atoms in total. The third kappa shape index (κ3) is 3.33. The lowest BCUT2D eigenvalue weighted by atomic mass is 9.88. The van der Waals surface area contributed by atoms with E-state index in [1.54, 1.807) is 0 Å². The molecule has 1 heterocycles. The van der Waals surface area contributed by atoms with Crippen LogP contribution in [0.5, 0.6) is 0 Å². The standard InChI is InChI=1S/C17H29N3/c1-3-12-20-13-7-10-17(15-18,11-14-20)19(2)16-8-5-4-6-9-16/h4-6,8-9H,3,7,10-15,18H2,1-2H3. The highest BCUT2D eigenvalue weighted by molar-refractivity contribution is 5.48. The van der Waals surface area contributed by atoms with Crippen molar-refractivity contribution >= 4 is 5.69 Å². The largest absolute Gasteiger partial charge is 0.368 e. The third-order valence-corrected chi connectivity index (χ3v) is 4.78. The monoisotopic (exact) mass is 275 g/mol. The number of benzene rings is 1. The van der Waals surface area contributed by atoms with Crippen LogP contribution in [-0.2, 0) is 0 Å². The number of likely N-dealkylation sites (tertiary alicyclic amines) is 1. The van der Waals surface area contributed by atoms with E-state index >= 15 is 0 Å². The Balaban J connectivity index is 2.13. The minimum absolute atomic E-state index is 0.115. The molecule has 1 aromatic carbocycles. The van der Waals surface area contributed by atoms with E-state index in [1.165, 1.54) is 44.6 Å². The summed E-state index contributed by atoms with van der Waals surface area (Å²) >= 11 is 0. The Morgan fingerprint density at radius 3 is 2.60 bits per heavy atom. The van der Waals surface area contributed by atoms with Crippen LogP contribution in [0.1, 0.15) is 32.6 Å². The lowest BCUT2D eigenvalue weighted by molar-refractivity contribution is 0.275. The Kier molecular flexibility index (Phi) is 5.44. The van der Waals surface area contributed by atoms with Crippen molar-refractivity contribution in [1.29, 1.82) is 0 Å². The number of nitrogens with two attached hydrogens (primary N) is 1. The van der Waals surface area contributed by atoms with Gasteiger partial charge in [-0.3, -0.25) is 0 Å². The molecule has 1 aromatic rings. The van der Waals surface area contributed by atoms with Gasteiger partial charge in [0, 0.05) is 25.8 Å².